The fraction of sp³-hybridized carbons (Fsp3) is 0.857. The highest BCUT2D eigenvalue weighted by atomic mass is 16.9. The summed E-state index contributed by atoms with van der Waals surface area (Å²) in [5.41, 5.74) is 0. The number of hydrogen-bond donors (Lipinski definition) is 5. The standard InChI is InChI=1S/C7H14N2O4.BH3O3/c8-2-1-3-9(12-6-4-10)13-7-5-11;2-1(3)4/h10-11H,1,3-7H2;2-4H. The van der Waals surface area contributed by atoms with Crippen molar-refractivity contribution in [1.82, 2.24) is 5.23 Å². The average Bonchev–Trinajstić information content (AvgIpc) is 2.27. The Morgan fingerprint density at radius 3 is 1.76 bits per heavy atom. The molecule has 0 amide bonds. The second kappa shape index (κ2) is 15.2. The molecule has 0 heterocycles. The first-order valence-corrected chi connectivity index (χ1v) is 4.74. The molecule has 100 valence electrons. The van der Waals surface area contributed by atoms with Gasteiger partial charge < -0.3 is 25.3 Å². The van der Waals surface area contributed by atoms with E-state index in [1.54, 1.807) is 0 Å². The molecule has 0 atom stereocenters. The van der Waals surface area contributed by atoms with Crippen LogP contribution in [0.25, 0.3) is 0 Å². The van der Waals surface area contributed by atoms with Crippen molar-refractivity contribution in [3.05, 3.63) is 0 Å². The zero-order chi connectivity index (χ0) is 13.5. The van der Waals surface area contributed by atoms with Gasteiger partial charge in [0.05, 0.1) is 45.5 Å². The molecule has 0 aliphatic carbocycles. The van der Waals surface area contributed by atoms with E-state index in [0.717, 1.165) is 5.23 Å². The number of aliphatic hydroxyl groups is 2. The van der Waals surface area contributed by atoms with Crippen molar-refractivity contribution in [2.45, 2.75) is 6.42 Å². The molecular formula is C7H17BN2O7. The highest BCUT2D eigenvalue weighted by Gasteiger charge is 2.04. The van der Waals surface area contributed by atoms with Crippen LogP contribution in [0, 0.1) is 11.3 Å². The van der Waals surface area contributed by atoms with E-state index in [2.05, 4.69) is 0 Å². The number of hydrogen-bond acceptors (Lipinski definition) is 9. The van der Waals surface area contributed by atoms with E-state index < -0.39 is 7.32 Å². The Balaban J connectivity index is 0. The van der Waals surface area contributed by atoms with Gasteiger partial charge in [0.15, 0.2) is 0 Å². The first-order chi connectivity index (χ1) is 8.08. The molecule has 0 aliphatic rings. The van der Waals surface area contributed by atoms with Crippen molar-refractivity contribution in [3.63, 3.8) is 0 Å². The van der Waals surface area contributed by atoms with Crippen molar-refractivity contribution in [1.29, 1.82) is 5.26 Å². The van der Waals surface area contributed by atoms with Gasteiger partial charge in [0.2, 0.25) is 0 Å². The minimum Gasteiger partial charge on any atom is -0.402 e. The van der Waals surface area contributed by atoms with Crippen LogP contribution in [0.1, 0.15) is 6.42 Å². The van der Waals surface area contributed by atoms with Crippen molar-refractivity contribution < 1.29 is 35.0 Å². The second-order valence-electron chi connectivity index (χ2n) is 2.42. The summed E-state index contributed by atoms with van der Waals surface area (Å²) in [4.78, 5) is 9.79. The number of rotatable bonds is 8. The van der Waals surface area contributed by atoms with E-state index in [-0.39, 0.29) is 39.4 Å². The predicted octanol–water partition coefficient (Wildman–Crippen LogP) is -3.00. The molecule has 0 bridgehead atoms. The summed E-state index contributed by atoms with van der Waals surface area (Å²) in [5.74, 6) is 0. The minimum atomic E-state index is -2.17. The van der Waals surface area contributed by atoms with Gasteiger partial charge in [-0.25, -0.2) is 0 Å². The van der Waals surface area contributed by atoms with E-state index in [9.17, 15) is 0 Å². The lowest BCUT2D eigenvalue weighted by Gasteiger charge is -2.18. The van der Waals surface area contributed by atoms with Crippen LogP contribution in [0.5, 0.6) is 0 Å². The van der Waals surface area contributed by atoms with Crippen LogP contribution < -0.4 is 0 Å². The first-order valence-electron chi connectivity index (χ1n) is 4.74. The van der Waals surface area contributed by atoms with Gasteiger partial charge in [0, 0.05) is 0 Å². The zero-order valence-corrected chi connectivity index (χ0v) is 9.27. The molecule has 0 fully saturated rings. The van der Waals surface area contributed by atoms with Crippen molar-refractivity contribution >= 4 is 7.32 Å². The van der Waals surface area contributed by atoms with E-state index in [1.807, 2.05) is 6.07 Å². The number of hydroxylamine groups is 2. The number of nitriles is 1. The maximum absolute atomic E-state index is 8.44. The van der Waals surface area contributed by atoms with Crippen LogP contribution in [0.3, 0.4) is 0 Å². The molecule has 9 nitrogen and oxygen atoms in total. The zero-order valence-electron chi connectivity index (χ0n) is 9.27. The lowest BCUT2D eigenvalue weighted by molar-refractivity contribution is -0.370. The molecule has 0 saturated carbocycles. The molecule has 0 aliphatic heterocycles. The van der Waals surface area contributed by atoms with E-state index in [0.29, 0.717) is 0 Å². The van der Waals surface area contributed by atoms with Gasteiger partial charge >= 0.3 is 7.32 Å². The topological polar surface area (TPSA) is 147 Å². The molecule has 0 aromatic rings. The lowest BCUT2D eigenvalue weighted by Crippen LogP contribution is -2.28. The highest BCUT2D eigenvalue weighted by molar-refractivity contribution is 6.30. The molecule has 0 radical (unpaired) electrons. The Bertz CT molecular complexity index is 179. The number of aliphatic hydroxyl groups excluding tert-OH is 2. The highest BCUT2D eigenvalue weighted by Crippen LogP contribution is 1.94. The van der Waals surface area contributed by atoms with E-state index >= 15 is 0 Å². The summed E-state index contributed by atoms with van der Waals surface area (Å²) in [6.45, 7) is 0.265. The Morgan fingerprint density at radius 1 is 1.06 bits per heavy atom. The Kier molecular flexibility index (Phi) is 16.7. The summed E-state index contributed by atoms with van der Waals surface area (Å²) in [7, 11) is -2.17. The third-order valence-electron chi connectivity index (χ3n) is 1.06. The van der Waals surface area contributed by atoms with Gasteiger partial charge in [0.1, 0.15) is 0 Å². The third-order valence-corrected chi connectivity index (χ3v) is 1.06. The smallest absolute Gasteiger partial charge is 0.402 e. The molecule has 0 rings (SSSR count). The molecule has 0 aromatic heterocycles. The van der Waals surface area contributed by atoms with Crippen LogP contribution in [-0.2, 0) is 9.68 Å². The Morgan fingerprint density at radius 2 is 1.47 bits per heavy atom. The molecule has 10 heteroatoms. The van der Waals surface area contributed by atoms with Crippen LogP contribution in [0.15, 0.2) is 0 Å². The maximum atomic E-state index is 8.44. The van der Waals surface area contributed by atoms with Crippen LogP contribution in [-0.4, -0.2) is 70.8 Å². The Hall–Kier alpha value is -0.765. The van der Waals surface area contributed by atoms with Gasteiger partial charge in [-0.2, -0.15) is 5.26 Å². The van der Waals surface area contributed by atoms with Crippen molar-refractivity contribution in [2.24, 2.45) is 0 Å². The normalized spacial score (nSPS) is 9.47. The van der Waals surface area contributed by atoms with E-state index in [1.165, 1.54) is 0 Å². The van der Waals surface area contributed by atoms with Crippen molar-refractivity contribution in [3.8, 4) is 6.07 Å². The molecule has 17 heavy (non-hydrogen) atoms. The summed E-state index contributed by atoms with van der Waals surface area (Å²) < 4.78 is 0. The molecule has 0 saturated heterocycles. The fourth-order valence-corrected chi connectivity index (χ4v) is 0.593. The molecule has 0 spiro atoms. The first kappa shape index (κ1) is 18.6. The summed E-state index contributed by atoms with van der Waals surface area (Å²) in [6.07, 6.45) is 0.261. The predicted molar refractivity (Wildman–Crippen MR) is 55.4 cm³/mol. The number of nitrogens with zero attached hydrogens (tertiary/aromatic N) is 2. The van der Waals surface area contributed by atoms with Crippen molar-refractivity contribution in [2.75, 3.05) is 33.0 Å². The largest absolute Gasteiger partial charge is 0.631 e. The maximum Gasteiger partial charge on any atom is 0.631 e. The summed E-state index contributed by atoms with van der Waals surface area (Å²) in [6, 6.07) is 1.92. The monoisotopic (exact) mass is 252 g/mol. The second-order valence-corrected chi connectivity index (χ2v) is 2.42. The SMILES string of the molecule is N#CCCN(OCCO)OCCO.OB(O)O. The van der Waals surface area contributed by atoms with Gasteiger partial charge in [0.25, 0.3) is 0 Å². The van der Waals surface area contributed by atoms with E-state index in [4.69, 9.17) is 40.2 Å². The van der Waals surface area contributed by atoms with Gasteiger partial charge in [-0.15, -0.1) is 0 Å². The minimum absolute atomic E-state index is 0.108. The average molecular weight is 252 g/mol. The van der Waals surface area contributed by atoms with Crippen LogP contribution in [0.4, 0.5) is 0 Å². The van der Waals surface area contributed by atoms with Gasteiger partial charge in [-0.1, -0.05) is 5.23 Å². The molecule has 0 unspecified atom stereocenters. The fourth-order valence-electron chi connectivity index (χ4n) is 0.593. The Labute approximate surface area is 99.1 Å². The van der Waals surface area contributed by atoms with Crippen LogP contribution >= 0.6 is 0 Å². The molecular weight excluding hydrogens is 235 g/mol. The van der Waals surface area contributed by atoms with Crippen LogP contribution in [0.2, 0.25) is 0 Å². The third kappa shape index (κ3) is 21.1. The van der Waals surface area contributed by atoms with Gasteiger partial charge in [-0.05, 0) is 0 Å². The summed E-state index contributed by atoms with van der Waals surface area (Å²) >= 11 is 0. The summed E-state index contributed by atoms with van der Waals surface area (Å²) in [5, 5.41) is 47.8. The lowest BCUT2D eigenvalue weighted by atomic mass is 10.3. The molecule has 5 N–H and O–H groups in total. The molecule has 0 aromatic carbocycles. The van der Waals surface area contributed by atoms with Gasteiger partial charge in [-0.3, -0.25) is 9.68 Å². The quantitative estimate of drug-likeness (QED) is 0.225.